The van der Waals surface area contributed by atoms with Crippen molar-refractivity contribution in [3.8, 4) is 0 Å². The van der Waals surface area contributed by atoms with Gasteiger partial charge in [-0.25, -0.2) is 0 Å². The Kier molecular flexibility index (Phi) is 9.25. The third-order valence-electron chi connectivity index (χ3n) is 5.77. The van der Waals surface area contributed by atoms with E-state index in [1.54, 1.807) is 0 Å². The molecule has 3 aromatic rings. The van der Waals surface area contributed by atoms with Crippen LogP contribution in [0.5, 0.6) is 0 Å². The fourth-order valence-corrected chi connectivity index (χ4v) is 3.96. The fourth-order valence-electron chi connectivity index (χ4n) is 3.96. The molecule has 0 aromatic heterocycles. The molecule has 0 amide bonds. The normalized spacial score (nSPS) is 24.0. The first kappa shape index (κ1) is 24.9. The van der Waals surface area contributed by atoms with Gasteiger partial charge in [0.25, 0.3) is 0 Å². The molecule has 0 spiro atoms. The Morgan fingerprint density at radius 3 is 1.74 bits per heavy atom. The smallest absolute Gasteiger partial charge is 0.165 e. The second kappa shape index (κ2) is 13.0. The van der Waals surface area contributed by atoms with Crippen molar-refractivity contribution < 1.29 is 24.1 Å². The number of aliphatic hydroxyl groups is 1. The summed E-state index contributed by atoms with van der Waals surface area (Å²) in [6, 6.07) is 29.0. The minimum Gasteiger partial charge on any atom is -0.387 e. The van der Waals surface area contributed by atoms with Gasteiger partial charge in [-0.05, 0) is 22.2 Å². The van der Waals surface area contributed by atoms with E-state index in [1.165, 1.54) is 0 Å². The van der Waals surface area contributed by atoms with Gasteiger partial charge in [-0.15, -0.1) is 0 Å². The predicted octanol–water partition coefficient (Wildman–Crippen LogP) is 4.77. The van der Waals surface area contributed by atoms with E-state index in [4.69, 9.17) is 18.9 Å². The molecule has 1 heterocycles. The number of aliphatic hydroxyl groups excluding tert-OH is 1. The van der Waals surface area contributed by atoms with E-state index in [-0.39, 0.29) is 19.8 Å². The number of hydrogen-bond acceptors (Lipinski definition) is 6. The molecule has 8 nitrogen and oxygen atoms in total. The van der Waals surface area contributed by atoms with E-state index in [0.717, 1.165) is 16.7 Å². The van der Waals surface area contributed by atoms with Crippen LogP contribution in [0.2, 0.25) is 0 Å². The number of nitrogens with zero attached hydrogens (tertiary/aromatic N) is 3. The molecule has 1 aliphatic heterocycles. The maximum Gasteiger partial charge on any atom is 0.165 e. The third-order valence-corrected chi connectivity index (χ3v) is 5.77. The van der Waals surface area contributed by atoms with E-state index < -0.39 is 30.6 Å². The highest BCUT2D eigenvalue weighted by molar-refractivity contribution is 5.15. The molecule has 182 valence electrons. The fraction of sp³-hybridized carbons (Fsp3) is 0.333. The summed E-state index contributed by atoms with van der Waals surface area (Å²) >= 11 is 0. The van der Waals surface area contributed by atoms with E-state index in [0.29, 0.717) is 6.61 Å². The van der Waals surface area contributed by atoms with Gasteiger partial charge in [0, 0.05) is 4.91 Å². The van der Waals surface area contributed by atoms with E-state index >= 15 is 0 Å². The lowest BCUT2D eigenvalue weighted by Gasteiger charge is -2.43. The van der Waals surface area contributed by atoms with Crippen molar-refractivity contribution in [3.63, 3.8) is 0 Å². The number of benzene rings is 3. The third kappa shape index (κ3) is 7.13. The van der Waals surface area contributed by atoms with Crippen molar-refractivity contribution in [1.82, 2.24) is 0 Å². The quantitative estimate of drug-likeness (QED) is 0.244. The maximum absolute atomic E-state index is 11.2. The van der Waals surface area contributed by atoms with Crippen molar-refractivity contribution >= 4 is 0 Å². The molecule has 0 radical (unpaired) electrons. The van der Waals surface area contributed by atoms with Crippen LogP contribution in [0, 0.1) is 0 Å². The van der Waals surface area contributed by atoms with Gasteiger partial charge in [0.15, 0.2) is 6.23 Å². The summed E-state index contributed by atoms with van der Waals surface area (Å²) in [5, 5.41) is 15.0. The van der Waals surface area contributed by atoms with Crippen LogP contribution in [0.1, 0.15) is 16.7 Å². The molecule has 0 unspecified atom stereocenters. The average molecular weight is 476 g/mol. The Bertz CT molecular complexity index is 1060. The zero-order valence-corrected chi connectivity index (χ0v) is 19.3. The van der Waals surface area contributed by atoms with Crippen molar-refractivity contribution in [2.24, 2.45) is 5.11 Å². The molecule has 4 rings (SSSR count). The molecule has 1 saturated heterocycles. The zero-order valence-electron chi connectivity index (χ0n) is 19.3. The molecule has 1 fully saturated rings. The van der Waals surface area contributed by atoms with Crippen LogP contribution in [0.25, 0.3) is 10.4 Å². The molecule has 0 bridgehead atoms. The van der Waals surface area contributed by atoms with Crippen LogP contribution in [0.4, 0.5) is 0 Å². The van der Waals surface area contributed by atoms with Crippen LogP contribution in [0.3, 0.4) is 0 Å². The SMILES string of the molecule is [N-]=[N+]=N[C@@H]1O[C@H](COCc2ccccc2)[C@H](O)[C@H](OCc2ccccc2)[C@H]1OCc1ccccc1. The van der Waals surface area contributed by atoms with Gasteiger partial charge in [0.05, 0.1) is 26.4 Å². The van der Waals surface area contributed by atoms with Crippen LogP contribution >= 0.6 is 0 Å². The first-order valence-electron chi connectivity index (χ1n) is 11.5. The molecule has 0 aliphatic carbocycles. The zero-order chi connectivity index (χ0) is 24.3. The monoisotopic (exact) mass is 475 g/mol. The standard InChI is InChI=1S/C27H29N3O5/c28-30-29-27-26(34-18-22-14-8-3-9-15-22)25(33-17-21-12-6-2-7-13-21)24(31)23(35-27)19-32-16-20-10-4-1-5-11-20/h1-15,23-27,31H,16-19H2/t23-,24+,25+,26-,27-/m1/s1. The Morgan fingerprint density at radius 2 is 1.23 bits per heavy atom. The molecule has 5 atom stereocenters. The highest BCUT2D eigenvalue weighted by Gasteiger charge is 2.46. The maximum atomic E-state index is 11.2. The Morgan fingerprint density at radius 1 is 0.743 bits per heavy atom. The predicted molar refractivity (Wildman–Crippen MR) is 130 cm³/mol. The molecular formula is C27H29N3O5. The van der Waals surface area contributed by atoms with Gasteiger partial charge in [0.2, 0.25) is 0 Å². The van der Waals surface area contributed by atoms with Gasteiger partial charge < -0.3 is 24.1 Å². The summed E-state index contributed by atoms with van der Waals surface area (Å²) in [6.07, 6.45) is -4.41. The summed E-state index contributed by atoms with van der Waals surface area (Å²) in [5.41, 5.74) is 12.1. The lowest BCUT2D eigenvalue weighted by Crippen LogP contribution is -2.59. The molecule has 1 aliphatic rings. The molecule has 1 N–H and O–H groups in total. The van der Waals surface area contributed by atoms with E-state index in [1.807, 2.05) is 91.0 Å². The lowest BCUT2D eigenvalue weighted by molar-refractivity contribution is -0.259. The molecule has 3 aromatic carbocycles. The lowest BCUT2D eigenvalue weighted by atomic mass is 9.97. The van der Waals surface area contributed by atoms with Crippen molar-refractivity contribution in [2.75, 3.05) is 6.61 Å². The summed E-state index contributed by atoms with van der Waals surface area (Å²) in [5.74, 6) is 0. The summed E-state index contributed by atoms with van der Waals surface area (Å²) in [6.45, 7) is 0.973. The summed E-state index contributed by atoms with van der Waals surface area (Å²) in [7, 11) is 0. The number of azide groups is 1. The highest BCUT2D eigenvalue weighted by Crippen LogP contribution is 2.29. The summed E-state index contributed by atoms with van der Waals surface area (Å²) < 4.78 is 24.0. The average Bonchev–Trinajstić information content (AvgIpc) is 2.90. The topological polar surface area (TPSA) is 106 Å². The van der Waals surface area contributed by atoms with Gasteiger partial charge in [-0.2, -0.15) is 0 Å². The largest absolute Gasteiger partial charge is 0.387 e. The molecule has 8 heteroatoms. The molecule has 0 saturated carbocycles. The number of hydrogen-bond donors (Lipinski definition) is 1. The number of ether oxygens (including phenoxy) is 4. The Labute approximate surface area is 204 Å². The second-order valence-electron chi connectivity index (χ2n) is 8.28. The van der Waals surface area contributed by atoms with Gasteiger partial charge >= 0.3 is 0 Å². The first-order chi connectivity index (χ1) is 17.2. The molecular weight excluding hydrogens is 446 g/mol. The van der Waals surface area contributed by atoms with E-state index in [9.17, 15) is 10.6 Å². The minimum absolute atomic E-state index is 0.101. The van der Waals surface area contributed by atoms with E-state index in [2.05, 4.69) is 10.0 Å². The van der Waals surface area contributed by atoms with Gasteiger partial charge in [0.1, 0.15) is 24.4 Å². The van der Waals surface area contributed by atoms with Gasteiger partial charge in [-0.3, -0.25) is 0 Å². The van der Waals surface area contributed by atoms with Crippen molar-refractivity contribution in [2.45, 2.75) is 50.5 Å². The summed E-state index contributed by atoms with van der Waals surface area (Å²) in [4.78, 5) is 2.95. The Hall–Kier alpha value is -3.23. The first-order valence-corrected chi connectivity index (χ1v) is 11.5. The molecule has 35 heavy (non-hydrogen) atoms. The highest BCUT2D eigenvalue weighted by atomic mass is 16.6. The van der Waals surface area contributed by atoms with Crippen LogP contribution in [-0.2, 0) is 38.8 Å². The minimum atomic E-state index is -1.06. The van der Waals surface area contributed by atoms with Crippen LogP contribution in [-0.4, -0.2) is 42.4 Å². The van der Waals surface area contributed by atoms with Crippen molar-refractivity contribution in [1.29, 1.82) is 0 Å². The van der Waals surface area contributed by atoms with Gasteiger partial charge in [-0.1, -0.05) is 96.1 Å². The number of rotatable bonds is 11. The van der Waals surface area contributed by atoms with Crippen LogP contribution in [0.15, 0.2) is 96.1 Å². The van der Waals surface area contributed by atoms with Crippen LogP contribution < -0.4 is 0 Å². The van der Waals surface area contributed by atoms with Crippen molar-refractivity contribution in [3.05, 3.63) is 118 Å². The second-order valence-corrected chi connectivity index (χ2v) is 8.28. The Balaban J connectivity index is 1.48.